The van der Waals surface area contributed by atoms with Gasteiger partial charge in [-0.3, -0.25) is 0 Å². The molecule has 2 heterocycles. The number of ether oxygens (including phenoxy) is 1. The van der Waals surface area contributed by atoms with Gasteiger partial charge in [-0.2, -0.15) is 4.39 Å². The van der Waals surface area contributed by atoms with Gasteiger partial charge in [0, 0.05) is 30.6 Å². The van der Waals surface area contributed by atoms with Crippen molar-refractivity contribution in [2.24, 2.45) is 11.8 Å². The number of nitrogens with one attached hydrogen (secondary N) is 1. The molecule has 1 unspecified atom stereocenters. The second-order valence-electron chi connectivity index (χ2n) is 8.41. The maximum atomic E-state index is 13.4. The highest BCUT2D eigenvalue weighted by Gasteiger charge is 2.48. The van der Waals surface area contributed by atoms with Gasteiger partial charge >= 0.3 is 6.09 Å². The molecule has 1 aliphatic carbocycles. The molecule has 1 aromatic rings. The molecule has 0 spiro atoms. The van der Waals surface area contributed by atoms with E-state index in [1.54, 1.807) is 0 Å². The van der Waals surface area contributed by atoms with E-state index < -0.39 is 11.5 Å². The van der Waals surface area contributed by atoms with Crippen molar-refractivity contribution in [2.45, 2.75) is 58.1 Å². The Morgan fingerprint density at radius 3 is 2.84 bits per heavy atom. The van der Waals surface area contributed by atoms with Crippen LogP contribution < -0.4 is 10.2 Å². The molecule has 0 radical (unpaired) electrons. The van der Waals surface area contributed by atoms with Crippen LogP contribution in [0.4, 0.5) is 15.0 Å². The normalized spacial score (nSPS) is 29.2. The van der Waals surface area contributed by atoms with Gasteiger partial charge in [0.1, 0.15) is 17.7 Å². The molecule has 0 aromatic carbocycles. The highest BCUT2D eigenvalue weighted by atomic mass is 19.1. The lowest BCUT2D eigenvalue weighted by atomic mass is 9.69. The van der Waals surface area contributed by atoms with Crippen LogP contribution in [0.1, 0.15) is 47.0 Å². The molecule has 2 aliphatic rings. The van der Waals surface area contributed by atoms with E-state index in [4.69, 9.17) is 4.74 Å². The van der Waals surface area contributed by atoms with Crippen molar-refractivity contribution in [1.82, 2.24) is 15.3 Å². The van der Waals surface area contributed by atoms with E-state index in [9.17, 15) is 9.18 Å². The first-order valence-electron chi connectivity index (χ1n) is 8.90. The number of alkyl carbamates (subject to hydrolysis) is 1. The molecule has 1 amide bonds. The second kappa shape index (κ2) is 6.42. The van der Waals surface area contributed by atoms with Gasteiger partial charge in [-0.05, 0) is 46.5 Å². The smallest absolute Gasteiger partial charge is 0.408 e. The Morgan fingerprint density at radius 1 is 1.40 bits per heavy atom. The van der Waals surface area contributed by atoms with Crippen molar-refractivity contribution in [1.29, 1.82) is 0 Å². The third-order valence-electron chi connectivity index (χ3n) is 5.26. The summed E-state index contributed by atoms with van der Waals surface area (Å²) >= 11 is 0. The predicted molar refractivity (Wildman–Crippen MR) is 92.8 cm³/mol. The van der Waals surface area contributed by atoms with E-state index in [0.717, 1.165) is 32.4 Å². The van der Waals surface area contributed by atoms with Crippen LogP contribution in [0.5, 0.6) is 0 Å². The van der Waals surface area contributed by atoms with Crippen LogP contribution in [-0.2, 0) is 4.74 Å². The standard InChI is InChI=1S/C18H27FN4O2/c1-17(2,3)25-16(24)22-18(4)7-5-6-12-9-23(10-13(12)18)15-8-14(19)20-11-21-15/h8,11-13H,5-7,9-10H2,1-4H3,(H,22,24)/t12?,13-,18-/m1/s1. The van der Waals surface area contributed by atoms with Crippen molar-refractivity contribution in [2.75, 3.05) is 18.0 Å². The van der Waals surface area contributed by atoms with E-state index >= 15 is 0 Å². The number of hydrogen-bond donors (Lipinski definition) is 1. The van der Waals surface area contributed by atoms with Crippen molar-refractivity contribution in [3.05, 3.63) is 18.3 Å². The Bertz CT molecular complexity index is 648. The van der Waals surface area contributed by atoms with E-state index in [1.165, 1.54) is 12.4 Å². The molecule has 1 saturated heterocycles. The van der Waals surface area contributed by atoms with Gasteiger partial charge in [0.2, 0.25) is 5.95 Å². The number of anilines is 1. The molecule has 2 fully saturated rings. The minimum absolute atomic E-state index is 0.284. The zero-order valence-electron chi connectivity index (χ0n) is 15.4. The predicted octanol–water partition coefficient (Wildman–Crippen LogP) is 3.14. The number of carbonyl (C=O) groups is 1. The second-order valence-corrected chi connectivity index (χ2v) is 8.41. The number of fused-ring (bicyclic) bond motifs is 1. The Labute approximate surface area is 148 Å². The lowest BCUT2D eigenvalue weighted by molar-refractivity contribution is 0.0355. The first-order valence-corrected chi connectivity index (χ1v) is 8.90. The summed E-state index contributed by atoms with van der Waals surface area (Å²) < 4.78 is 18.9. The molecule has 25 heavy (non-hydrogen) atoms. The van der Waals surface area contributed by atoms with Gasteiger partial charge in [0.05, 0.1) is 0 Å². The quantitative estimate of drug-likeness (QED) is 0.830. The van der Waals surface area contributed by atoms with E-state index in [1.807, 2.05) is 20.8 Å². The fraction of sp³-hybridized carbons (Fsp3) is 0.722. The lowest BCUT2D eigenvalue weighted by Crippen LogP contribution is -2.56. The minimum Gasteiger partial charge on any atom is -0.444 e. The number of amides is 1. The first-order chi connectivity index (χ1) is 11.7. The summed E-state index contributed by atoms with van der Waals surface area (Å²) in [5, 5.41) is 3.11. The molecule has 6 nitrogen and oxygen atoms in total. The summed E-state index contributed by atoms with van der Waals surface area (Å²) in [7, 11) is 0. The highest BCUT2D eigenvalue weighted by molar-refractivity contribution is 5.69. The molecule has 1 saturated carbocycles. The van der Waals surface area contributed by atoms with Gasteiger partial charge in [0.15, 0.2) is 0 Å². The number of nitrogens with zero attached hydrogens (tertiary/aromatic N) is 3. The summed E-state index contributed by atoms with van der Waals surface area (Å²) in [5.41, 5.74) is -0.847. The Morgan fingerprint density at radius 2 is 2.16 bits per heavy atom. The van der Waals surface area contributed by atoms with Crippen LogP contribution >= 0.6 is 0 Å². The van der Waals surface area contributed by atoms with Gasteiger partial charge in [0.25, 0.3) is 0 Å². The average molecular weight is 350 g/mol. The molecule has 1 aromatic heterocycles. The monoisotopic (exact) mass is 350 g/mol. The third-order valence-corrected chi connectivity index (χ3v) is 5.26. The lowest BCUT2D eigenvalue weighted by Gasteiger charge is -2.43. The Balaban J connectivity index is 1.73. The highest BCUT2D eigenvalue weighted by Crippen LogP contribution is 2.43. The molecule has 7 heteroatoms. The van der Waals surface area contributed by atoms with Crippen molar-refractivity contribution < 1.29 is 13.9 Å². The van der Waals surface area contributed by atoms with Crippen molar-refractivity contribution >= 4 is 11.9 Å². The summed E-state index contributed by atoms with van der Waals surface area (Å²) in [4.78, 5) is 22.1. The van der Waals surface area contributed by atoms with Gasteiger partial charge < -0.3 is 15.0 Å². The number of hydrogen-bond acceptors (Lipinski definition) is 5. The molecule has 3 rings (SSSR count). The summed E-state index contributed by atoms with van der Waals surface area (Å²) in [6, 6.07) is 1.37. The Hall–Kier alpha value is -1.92. The maximum Gasteiger partial charge on any atom is 0.408 e. The van der Waals surface area contributed by atoms with E-state index in [2.05, 4.69) is 27.1 Å². The molecule has 1 N–H and O–H groups in total. The zero-order chi connectivity index (χ0) is 18.2. The number of carbonyl (C=O) groups excluding carboxylic acids is 1. The summed E-state index contributed by atoms with van der Waals surface area (Å²) in [6.07, 6.45) is 3.96. The molecule has 0 bridgehead atoms. The largest absolute Gasteiger partial charge is 0.444 e. The first kappa shape index (κ1) is 17.9. The van der Waals surface area contributed by atoms with Crippen LogP contribution in [0.3, 0.4) is 0 Å². The summed E-state index contributed by atoms with van der Waals surface area (Å²) in [6.45, 7) is 9.25. The van der Waals surface area contributed by atoms with Crippen LogP contribution in [0.15, 0.2) is 12.4 Å². The number of halogens is 1. The zero-order valence-corrected chi connectivity index (χ0v) is 15.4. The SMILES string of the molecule is CC(C)(C)OC(=O)N[C@]1(C)CCCC2CN(c3cc(F)ncn3)C[C@H]21. The van der Waals surface area contributed by atoms with Crippen molar-refractivity contribution in [3.63, 3.8) is 0 Å². The van der Waals surface area contributed by atoms with Crippen LogP contribution in [0.25, 0.3) is 0 Å². The molecule has 138 valence electrons. The molecule has 1 aliphatic heterocycles. The van der Waals surface area contributed by atoms with Gasteiger partial charge in [-0.25, -0.2) is 14.8 Å². The van der Waals surface area contributed by atoms with Crippen LogP contribution in [0, 0.1) is 17.8 Å². The fourth-order valence-corrected chi connectivity index (χ4v) is 4.18. The van der Waals surface area contributed by atoms with E-state index in [0.29, 0.717) is 11.7 Å². The van der Waals surface area contributed by atoms with Crippen molar-refractivity contribution in [3.8, 4) is 0 Å². The third kappa shape index (κ3) is 4.02. The fourth-order valence-electron chi connectivity index (χ4n) is 4.18. The van der Waals surface area contributed by atoms with Crippen LogP contribution in [-0.4, -0.2) is 40.3 Å². The van der Waals surface area contributed by atoms with Crippen LogP contribution in [0.2, 0.25) is 0 Å². The van der Waals surface area contributed by atoms with E-state index in [-0.39, 0.29) is 17.6 Å². The Kier molecular flexibility index (Phi) is 4.60. The molecular weight excluding hydrogens is 323 g/mol. The van der Waals surface area contributed by atoms with Gasteiger partial charge in [-0.15, -0.1) is 0 Å². The minimum atomic E-state index is -0.519. The maximum absolute atomic E-state index is 13.4. The summed E-state index contributed by atoms with van der Waals surface area (Å²) in [5.74, 6) is 0.828. The molecule has 3 atom stereocenters. The average Bonchev–Trinajstić information content (AvgIpc) is 2.91. The molecular formula is C18H27FN4O2. The number of rotatable bonds is 2. The van der Waals surface area contributed by atoms with Gasteiger partial charge in [-0.1, -0.05) is 6.42 Å². The topological polar surface area (TPSA) is 67.3 Å². The number of aromatic nitrogens is 2.